The van der Waals surface area contributed by atoms with Crippen LogP contribution in [0.2, 0.25) is 0 Å². The van der Waals surface area contributed by atoms with Gasteiger partial charge in [0.25, 0.3) is 8.15 Å². The molecule has 0 radical (unpaired) electrons. The Hall–Kier alpha value is -7.96. The Morgan fingerprint density at radius 1 is 0.509 bits per heavy atom. The van der Waals surface area contributed by atoms with Crippen molar-refractivity contribution in [2.24, 2.45) is 0 Å². The number of carbonyl (C=O) groups excluding carboxylic acids is 7. The second kappa shape index (κ2) is 47.7. The molecule has 3 aliphatic carbocycles. The maximum Gasteiger partial charge on any atom is 0.407 e. The third-order valence-corrected chi connectivity index (χ3v) is 17.6. The van der Waals surface area contributed by atoms with Crippen LogP contribution < -0.4 is 16.0 Å². The second-order valence-corrected chi connectivity index (χ2v) is 27.9. The fraction of sp³-hybridized carbons (Fsp3) is 0.463. The summed E-state index contributed by atoms with van der Waals surface area (Å²) < 4.78 is 64.4. The number of fused-ring (bicyclic) bond motifs is 9. The fourth-order valence-corrected chi connectivity index (χ4v) is 12.7. The molecule has 6 N–H and O–H groups in total. The number of amides is 3. The van der Waals surface area contributed by atoms with Crippen LogP contribution in [0.25, 0.3) is 33.4 Å². The van der Waals surface area contributed by atoms with Gasteiger partial charge in [0, 0.05) is 96.9 Å². The lowest BCUT2D eigenvalue weighted by molar-refractivity contribution is -0.145. The molecule has 106 heavy (non-hydrogen) atoms. The predicted molar refractivity (Wildman–Crippen MR) is 405 cm³/mol. The van der Waals surface area contributed by atoms with E-state index in [-0.39, 0.29) is 80.1 Å². The fourth-order valence-electron chi connectivity index (χ4n) is 12.1. The molecule has 4 aliphatic rings. The first-order valence-electron chi connectivity index (χ1n) is 35.8. The zero-order chi connectivity index (χ0) is 76.6. The van der Waals surface area contributed by atoms with E-state index in [4.69, 9.17) is 52.8 Å². The van der Waals surface area contributed by atoms with Crippen molar-refractivity contribution in [2.75, 3.05) is 106 Å². The molecule has 0 bridgehead atoms. The van der Waals surface area contributed by atoms with Crippen LogP contribution in [-0.2, 0) is 71.1 Å². The number of ketones is 2. The molecular formula is C80H104FN3O20P2. The van der Waals surface area contributed by atoms with E-state index in [2.05, 4.69) is 93.3 Å². The van der Waals surface area contributed by atoms with Crippen molar-refractivity contribution < 1.29 is 100 Å². The lowest BCUT2D eigenvalue weighted by Crippen LogP contribution is -2.28. The third kappa shape index (κ3) is 30.7. The SMILES string of the molecule is CC(=O)CCCC(=O)OP(F)P.CC(=O)OCC1c2ccccc2-c2ccccc21.CC1(C)OCC(COCCCNC(=O)OCC2c3ccccc3-c3ccccc32)O1.COCC(O)COCCCNC(=O)CCCC(C)=O.O=C(NCCCOCC(O)CO)OCC1c2ccccc2-c2ccccc21. The number of aliphatic hydroxyl groups is 3. The molecule has 0 saturated carbocycles. The van der Waals surface area contributed by atoms with Gasteiger partial charge in [-0.15, -0.1) is 0 Å². The van der Waals surface area contributed by atoms with Crippen LogP contribution in [0, 0.1) is 0 Å². The van der Waals surface area contributed by atoms with Crippen LogP contribution in [0.5, 0.6) is 0 Å². The number of alkyl carbamates (subject to hydrolysis) is 2. The smallest absolute Gasteiger partial charge is 0.407 e. The van der Waals surface area contributed by atoms with Crippen LogP contribution in [-0.4, -0.2) is 187 Å². The van der Waals surface area contributed by atoms with Crippen molar-refractivity contribution in [1.29, 1.82) is 0 Å². The quantitative estimate of drug-likeness (QED) is 0.00921. The van der Waals surface area contributed by atoms with E-state index in [1.54, 1.807) is 8.93 Å². The van der Waals surface area contributed by atoms with Crippen molar-refractivity contribution in [3.05, 3.63) is 179 Å². The highest BCUT2D eigenvalue weighted by Gasteiger charge is 2.34. The monoisotopic (exact) mass is 1510 g/mol. The van der Waals surface area contributed by atoms with Crippen LogP contribution in [0.3, 0.4) is 0 Å². The summed E-state index contributed by atoms with van der Waals surface area (Å²) in [4.78, 5) is 78.2. The second-order valence-electron chi connectivity index (χ2n) is 25.9. The molecule has 1 saturated heterocycles. The molecule has 1 heterocycles. The van der Waals surface area contributed by atoms with E-state index in [1.165, 1.54) is 94.6 Å². The number of carbonyl (C=O) groups is 7. The topological polar surface area (TPSA) is 309 Å². The average Bonchev–Trinajstić information content (AvgIpc) is 1.63. The maximum atomic E-state index is 12.1. The van der Waals surface area contributed by atoms with Crippen LogP contribution in [0.1, 0.15) is 144 Å². The molecule has 1 fully saturated rings. The zero-order valence-electron chi connectivity index (χ0n) is 61.5. The highest BCUT2D eigenvalue weighted by molar-refractivity contribution is 8.08. The van der Waals surface area contributed by atoms with Gasteiger partial charge in [-0.1, -0.05) is 146 Å². The molecule has 3 amide bonds. The van der Waals surface area contributed by atoms with Gasteiger partial charge in [0.2, 0.25) is 5.91 Å². The summed E-state index contributed by atoms with van der Waals surface area (Å²) in [6.07, 6.45) is 1.97. The molecule has 6 aromatic rings. The van der Waals surface area contributed by atoms with Gasteiger partial charge in [0.1, 0.15) is 49.7 Å². The number of halogens is 1. The predicted octanol–water partition coefficient (Wildman–Crippen LogP) is 12.4. The summed E-state index contributed by atoms with van der Waals surface area (Å²) in [5.41, 5.74) is 14.6. The Labute approximate surface area is 624 Å². The molecule has 1 aliphatic heterocycles. The first kappa shape index (κ1) is 87.0. The number of nitrogens with one attached hydrogen (secondary N) is 3. The molecule has 26 heteroatoms. The number of ether oxygens (including phenoxy) is 9. The van der Waals surface area contributed by atoms with Crippen molar-refractivity contribution in [2.45, 2.75) is 134 Å². The third-order valence-electron chi connectivity index (χ3n) is 17.0. The van der Waals surface area contributed by atoms with Crippen LogP contribution in [0.4, 0.5) is 13.8 Å². The van der Waals surface area contributed by atoms with Gasteiger partial charge in [-0.3, -0.25) is 14.4 Å². The number of rotatable bonds is 36. The van der Waals surface area contributed by atoms with Gasteiger partial charge >= 0.3 is 24.1 Å². The van der Waals surface area contributed by atoms with Crippen molar-refractivity contribution >= 4 is 58.7 Å². The minimum atomic E-state index is -2.19. The summed E-state index contributed by atoms with van der Waals surface area (Å²) >= 11 is 0. The Morgan fingerprint density at radius 3 is 1.24 bits per heavy atom. The Morgan fingerprint density at radius 2 is 0.877 bits per heavy atom. The van der Waals surface area contributed by atoms with Gasteiger partial charge in [-0.25, -0.2) is 9.59 Å². The zero-order valence-corrected chi connectivity index (χ0v) is 63.5. The molecule has 6 aromatic carbocycles. The standard InChI is InChI=1S/C24H29NO5.C21H25NO5.C16H14O2.C13H25NO5.C6H11FO3P2/c1-24(2)29-15-17(30-24)14-27-13-7-12-25-23(26)28-16-22-20-10-5-3-8-18(20)19-9-4-6-11-21(19)22;23-12-15(24)13-26-11-5-10-22-21(25)27-14-20-18-8-3-1-6-16(18)17-7-2-4-9-19(17)20;1-11(17)18-10-16-14-8-4-2-6-12(14)13-7-3-5-9-15(13)16;1-11(15)5-3-6-13(17)14-7-4-8-19-10-12(16)9-18-2;1-5(8)3-2-4-6(9)10-12(7)11/h3-6,8-11,17,22H,7,12-16H2,1-2H3,(H,25,26);1-4,6-9,15,20,23-24H,5,10-14H2,(H,22,25);2-9,16H,10H2,1H3;12,16H,3-10H2,1-2H3,(H,14,17);2-4,11H2,1H3. The summed E-state index contributed by atoms with van der Waals surface area (Å²) in [5.74, 6) is -0.957. The molecule has 0 spiro atoms. The van der Waals surface area contributed by atoms with E-state index in [9.17, 15) is 42.9 Å². The van der Waals surface area contributed by atoms with E-state index < -0.39 is 44.3 Å². The van der Waals surface area contributed by atoms with Gasteiger partial charge in [-0.05, 0) is 135 Å². The van der Waals surface area contributed by atoms with E-state index in [1.807, 2.05) is 86.6 Å². The van der Waals surface area contributed by atoms with E-state index >= 15 is 0 Å². The normalized spacial score (nSPS) is 14.7. The molecule has 576 valence electrons. The van der Waals surface area contributed by atoms with E-state index in [0.29, 0.717) is 124 Å². The first-order chi connectivity index (χ1) is 51.1. The minimum absolute atomic E-state index is 0.0242. The molecule has 5 unspecified atom stereocenters. The largest absolute Gasteiger partial charge is 0.465 e. The highest BCUT2D eigenvalue weighted by Crippen LogP contribution is 2.48. The lowest BCUT2D eigenvalue weighted by Gasteiger charge is -2.17. The van der Waals surface area contributed by atoms with Gasteiger partial charge in [-0.2, -0.15) is 4.20 Å². The van der Waals surface area contributed by atoms with Crippen molar-refractivity contribution in [3.8, 4) is 33.4 Å². The van der Waals surface area contributed by atoms with Crippen LogP contribution in [0.15, 0.2) is 146 Å². The Bertz CT molecular complexity index is 3580. The number of esters is 1. The summed E-state index contributed by atoms with van der Waals surface area (Å²) in [7, 11) is 1.10. The molecular weight excluding hydrogens is 1400 g/mol. The lowest BCUT2D eigenvalue weighted by atomic mass is 9.98. The molecule has 23 nitrogen and oxygen atoms in total. The number of methoxy groups -OCH3 is 1. The molecule has 0 aromatic heterocycles. The highest BCUT2D eigenvalue weighted by atomic mass is 32.0. The maximum absolute atomic E-state index is 12.1. The van der Waals surface area contributed by atoms with E-state index in [0.717, 1.165) is 0 Å². The van der Waals surface area contributed by atoms with Crippen molar-refractivity contribution in [1.82, 2.24) is 16.0 Å². The van der Waals surface area contributed by atoms with Gasteiger partial charge < -0.3 is 88.0 Å². The minimum Gasteiger partial charge on any atom is -0.465 e. The molecule has 5 atom stereocenters. The van der Waals surface area contributed by atoms with Gasteiger partial charge in [0.05, 0.1) is 39.6 Å². The van der Waals surface area contributed by atoms with Gasteiger partial charge in [0.15, 0.2) is 5.79 Å². The Balaban J connectivity index is 0.000000214. The molecule has 10 rings (SSSR count). The number of hydrogen-bond donors (Lipinski definition) is 6. The summed E-state index contributed by atoms with van der Waals surface area (Å²) in [5, 5.41) is 35.4. The van der Waals surface area contributed by atoms with Crippen molar-refractivity contribution in [3.63, 3.8) is 0 Å². The van der Waals surface area contributed by atoms with Crippen LogP contribution >= 0.6 is 17.1 Å². The Kier molecular flexibility index (Phi) is 39.1. The average molecular weight is 1510 g/mol. The number of Topliss-reactive ketones (excluding diaryl/α,β-unsaturated/α-hetero) is 2. The summed E-state index contributed by atoms with van der Waals surface area (Å²) in [6.45, 7) is 13.4. The summed E-state index contributed by atoms with van der Waals surface area (Å²) in [6, 6.07) is 49.7. The number of hydrogen-bond acceptors (Lipinski definition) is 20. The number of benzene rings is 6. The number of aliphatic hydroxyl groups excluding tert-OH is 3. The first-order valence-corrected chi connectivity index (χ1v) is 38.5.